The zero-order valence-corrected chi connectivity index (χ0v) is 7.90. The van der Waals surface area contributed by atoms with Gasteiger partial charge in [0.25, 0.3) is 0 Å². The van der Waals surface area contributed by atoms with Gasteiger partial charge < -0.3 is 4.74 Å². The van der Waals surface area contributed by atoms with Crippen molar-refractivity contribution >= 4 is 0 Å². The first-order chi connectivity index (χ1) is 6.86. The van der Waals surface area contributed by atoms with Gasteiger partial charge in [-0.25, -0.2) is 0 Å². The zero-order valence-electron chi connectivity index (χ0n) is 7.90. The van der Waals surface area contributed by atoms with Crippen molar-refractivity contribution in [2.45, 2.75) is 13.5 Å². The molecule has 0 saturated heterocycles. The third-order valence-electron chi connectivity index (χ3n) is 1.94. The summed E-state index contributed by atoms with van der Waals surface area (Å²) in [6, 6.07) is 7.90. The van der Waals surface area contributed by atoms with Crippen LogP contribution in [0.5, 0.6) is 5.75 Å². The molecular weight excluding hydrogens is 178 g/mol. The molecule has 2 rings (SSSR count). The van der Waals surface area contributed by atoms with Gasteiger partial charge >= 0.3 is 0 Å². The standard InChI is InChI=1S/C10H11N3O/c1-8-4-2-3-5-10(8)14-7-9-6-11-13-12-9/h2-6H,7H2,1H3,(H,11,12,13). The molecule has 0 amide bonds. The van der Waals surface area contributed by atoms with Gasteiger partial charge in [-0.15, -0.1) is 5.10 Å². The minimum Gasteiger partial charge on any atom is -0.487 e. The summed E-state index contributed by atoms with van der Waals surface area (Å²) < 4.78 is 5.57. The highest BCUT2D eigenvalue weighted by Crippen LogP contribution is 2.16. The minimum absolute atomic E-state index is 0.470. The molecule has 4 heteroatoms. The molecule has 1 aromatic heterocycles. The van der Waals surface area contributed by atoms with Gasteiger partial charge in [-0.2, -0.15) is 0 Å². The van der Waals surface area contributed by atoms with E-state index in [1.54, 1.807) is 6.20 Å². The molecule has 0 fully saturated rings. The second-order valence-corrected chi connectivity index (χ2v) is 3.04. The number of aromatic nitrogens is 3. The Morgan fingerprint density at radius 2 is 2.21 bits per heavy atom. The molecule has 0 spiro atoms. The zero-order chi connectivity index (χ0) is 9.80. The quantitative estimate of drug-likeness (QED) is 0.799. The number of ether oxygens (including phenoxy) is 1. The smallest absolute Gasteiger partial charge is 0.131 e. The molecule has 14 heavy (non-hydrogen) atoms. The highest BCUT2D eigenvalue weighted by atomic mass is 16.5. The average molecular weight is 189 g/mol. The summed E-state index contributed by atoms with van der Waals surface area (Å²) in [6.07, 6.45) is 1.65. The average Bonchev–Trinajstić information content (AvgIpc) is 2.69. The first-order valence-electron chi connectivity index (χ1n) is 4.39. The maximum Gasteiger partial charge on any atom is 0.131 e. The van der Waals surface area contributed by atoms with E-state index >= 15 is 0 Å². The fraction of sp³-hybridized carbons (Fsp3) is 0.200. The molecule has 0 atom stereocenters. The van der Waals surface area contributed by atoms with Crippen LogP contribution in [-0.2, 0) is 6.61 Å². The van der Waals surface area contributed by atoms with Crippen molar-refractivity contribution in [2.75, 3.05) is 0 Å². The molecule has 0 bridgehead atoms. The van der Waals surface area contributed by atoms with Crippen molar-refractivity contribution in [1.82, 2.24) is 15.4 Å². The van der Waals surface area contributed by atoms with Crippen molar-refractivity contribution in [3.63, 3.8) is 0 Å². The first-order valence-corrected chi connectivity index (χ1v) is 4.39. The molecule has 0 unspecified atom stereocenters. The molecule has 4 nitrogen and oxygen atoms in total. The van der Waals surface area contributed by atoms with Crippen LogP contribution in [0.3, 0.4) is 0 Å². The summed E-state index contributed by atoms with van der Waals surface area (Å²) in [5.74, 6) is 0.891. The lowest BCUT2D eigenvalue weighted by Crippen LogP contribution is -1.96. The maximum atomic E-state index is 5.57. The Morgan fingerprint density at radius 1 is 1.36 bits per heavy atom. The Labute approximate surface area is 81.9 Å². The Hall–Kier alpha value is -1.84. The van der Waals surface area contributed by atoms with Gasteiger partial charge in [-0.1, -0.05) is 23.4 Å². The first kappa shape index (κ1) is 8.74. The number of benzene rings is 1. The van der Waals surface area contributed by atoms with Gasteiger partial charge in [0, 0.05) is 0 Å². The number of rotatable bonds is 3. The Bertz CT molecular complexity index is 398. The van der Waals surface area contributed by atoms with Crippen LogP contribution in [0.25, 0.3) is 0 Å². The fourth-order valence-corrected chi connectivity index (χ4v) is 1.16. The molecule has 0 aliphatic heterocycles. The number of aryl methyl sites for hydroxylation is 1. The lowest BCUT2D eigenvalue weighted by Gasteiger charge is -2.06. The highest BCUT2D eigenvalue weighted by molar-refractivity contribution is 5.31. The summed E-state index contributed by atoms with van der Waals surface area (Å²) >= 11 is 0. The van der Waals surface area contributed by atoms with Crippen LogP contribution in [0.15, 0.2) is 30.5 Å². The number of hydrogen-bond acceptors (Lipinski definition) is 3. The highest BCUT2D eigenvalue weighted by Gasteiger charge is 1.99. The van der Waals surface area contributed by atoms with Crippen molar-refractivity contribution < 1.29 is 4.74 Å². The molecule has 0 aliphatic carbocycles. The van der Waals surface area contributed by atoms with Gasteiger partial charge in [0.15, 0.2) is 0 Å². The largest absolute Gasteiger partial charge is 0.487 e. The van der Waals surface area contributed by atoms with Gasteiger partial charge in [0.05, 0.1) is 11.9 Å². The Kier molecular flexibility index (Phi) is 2.44. The van der Waals surface area contributed by atoms with E-state index in [1.165, 1.54) is 0 Å². The van der Waals surface area contributed by atoms with Crippen LogP contribution in [0.2, 0.25) is 0 Å². The summed E-state index contributed by atoms with van der Waals surface area (Å²) in [6.45, 7) is 2.48. The second-order valence-electron chi connectivity index (χ2n) is 3.04. The van der Waals surface area contributed by atoms with Crippen LogP contribution in [-0.4, -0.2) is 15.4 Å². The van der Waals surface area contributed by atoms with Gasteiger partial charge in [-0.05, 0) is 18.6 Å². The topological polar surface area (TPSA) is 50.8 Å². The van der Waals surface area contributed by atoms with Crippen LogP contribution in [0, 0.1) is 6.92 Å². The third kappa shape index (κ3) is 1.90. The Morgan fingerprint density at radius 3 is 2.93 bits per heavy atom. The number of H-pyrrole nitrogens is 1. The number of nitrogens with zero attached hydrogens (tertiary/aromatic N) is 2. The Balaban J connectivity index is 2.02. The molecule has 0 aliphatic rings. The van der Waals surface area contributed by atoms with Crippen molar-refractivity contribution in [3.8, 4) is 5.75 Å². The summed E-state index contributed by atoms with van der Waals surface area (Å²) in [4.78, 5) is 0. The van der Waals surface area contributed by atoms with E-state index in [1.807, 2.05) is 31.2 Å². The number of para-hydroxylation sites is 1. The van der Waals surface area contributed by atoms with E-state index in [2.05, 4.69) is 15.4 Å². The normalized spacial score (nSPS) is 10.1. The molecule has 0 saturated carbocycles. The van der Waals surface area contributed by atoms with Crippen LogP contribution >= 0.6 is 0 Å². The third-order valence-corrected chi connectivity index (χ3v) is 1.94. The van der Waals surface area contributed by atoms with E-state index < -0.39 is 0 Å². The summed E-state index contributed by atoms with van der Waals surface area (Å²) in [5, 5.41) is 10.0. The van der Waals surface area contributed by atoms with Gasteiger partial charge in [-0.3, -0.25) is 5.10 Å². The van der Waals surface area contributed by atoms with Crippen LogP contribution in [0.1, 0.15) is 11.3 Å². The van der Waals surface area contributed by atoms with Gasteiger partial charge in [0.1, 0.15) is 12.4 Å². The van der Waals surface area contributed by atoms with Crippen LogP contribution in [0.4, 0.5) is 0 Å². The molecular formula is C10H11N3O. The summed E-state index contributed by atoms with van der Waals surface area (Å²) in [5.41, 5.74) is 1.99. The van der Waals surface area contributed by atoms with E-state index in [9.17, 15) is 0 Å². The maximum absolute atomic E-state index is 5.57. The second kappa shape index (κ2) is 3.91. The minimum atomic E-state index is 0.470. The molecule has 1 heterocycles. The molecule has 72 valence electrons. The van der Waals surface area contributed by atoms with Crippen molar-refractivity contribution in [2.24, 2.45) is 0 Å². The monoisotopic (exact) mass is 189 g/mol. The molecule has 1 aromatic carbocycles. The summed E-state index contributed by atoms with van der Waals surface area (Å²) in [7, 11) is 0. The lowest BCUT2D eigenvalue weighted by molar-refractivity contribution is 0.299. The number of aromatic amines is 1. The van der Waals surface area contributed by atoms with E-state index in [0.717, 1.165) is 17.0 Å². The van der Waals surface area contributed by atoms with E-state index in [-0.39, 0.29) is 0 Å². The molecule has 1 N–H and O–H groups in total. The van der Waals surface area contributed by atoms with Crippen molar-refractivity contribution in [1.29, 1.82) is 0 Å². The fourth-order valence-electron chi connectivity index (χ4n) is 1.16. The number of nitrogens with one attached hydrogen (secondary N) is 1. The number of hydrogen-bond donors (Lipinski definition) is 1. The van der Waals surface area contributed by atoms with E-state index in [0.29, 0.717) is 6.61 Å². The van der Waals surface area contributed by atoms with E-state index in [4.69, 9.17) is 4.74 Å². The molecule has 0 radical (unpaired) electrons. The SMILES string of the molecule is Cc1ccccc1OCc1cnn[nH]1. The van der Waals surface area contributed by atoms with Gasteiger partial charge in [0.2, 0.25) is 0 Å². The lowest BCUT2D eigenvalue weighted by atomic mass is 10.2. The van der Waals surface area contributed by atoms with Crippen molar-refractivity contribution in [3.05, 3.63) is 41.7 Å². The van der Waals surface area contributed by atoms with Crippen LogP contribution < -0.4 is 4.74 Å². The predicted molar refractivity (Wildman–Crippen MR) is 51.9 cm³/mol. The predicted octanol–water partition coefficient (Wildman–Crippen LogP) is 1.69. The molecule has 2 aromatic rings.